The second-order valence-corrected chi connectivity index (χ2v) is 8.90. The summed E-state index contributed by atoms with van der Waals surface area (Å²) in [5.74, 6) is 1.57. The van der Waals surface area contributed by atoms with Gasteiger partial charge in [0.15, 0.2) is 11.4 Å². The van der Waals surface area contributed by atoms with Crippen molar-refractivity contribution in [2.75, 3.05) is 0 Å². The third-order valence-corrected chi connectivity index (χ3v) is 6.94. The number of oxazole rings is 1. The Morgan fingerprint density at radius 1 is 0.571 bits per heavy atom. The number of aromatic nitrogens is 3. The van der Waals surface area contributed by atoms with Crippen LogP contribution in [0.4, 0.5) is 0 Å². The zero-order valence-electron chi connectivity index (χ0n) is 18.7. The Bertz CT molecular complexity index is 2020. The zero-order valence-corrected chi connectivity index (χ0v) is 18.7. The molecule has 0 aliphatic carbocycles. The molecule has 0 aliphatic rings. The van der Waals surface area contributed by atoms with E-state index >= 15 is 0 Å². The minimum absolute atomic E-state index is 0.589. The van der Waals surface area contributed by atoms with Crippen LogP contribution in [-0.4, -0.2) is 14.0 Å². The van der Waals surface area contributed by atoms with Crippen LogP contribution in [0.2, 0.25) is 0 Å². The molecule has 0 spiro atoms. The summed E-state index contributed by atoms with van der Waals surface area (Å²) in [7, 11) is 0. The van der Waals surface area contributed by atoms with Gasteiger partial charge < -0.3 is 4.42 Å². The lowest BCUT2D eigenvalue weighted by Crippen LogP contribution is -2.00. The molecule has 3 heterocycles. The Morgan fingerprint density at radius 2 is 1.20 bits per heavy atom. The maximum Gasteiger partial charge on any atom is 0.309 e. The monoisotopic (exact) mass is 449 g/mol. The molecule has 3 aromatic heterocycles. The van der Waals surface area contributed by atoms with Crippen LogP contribution in [0.25, 0.3) is 66.6 Å². The standard InChI is InChI=1S/C31H19N3O/c1-2-10-21-19-22(18-17-20(21)9-1)29-30(34-27-15-7-8-16-28(27)35-31(34)32-29)33-25-13-5-3-11-23(25)24-12-4-6-14-26(24)33/h1-19H. The summed E-state index contributed by atoms with van der Waals surface area (Å²) in [5.41, 5.74) is 6.06. The topological polar surface area (TPSA) is 35.4 Å². The summed E-state index contributed by atoms with van der Waals surface area (Å²) < 4.78 is 10.7. The molecule has 5 aromatic carbocycles. The molecular formula is C31H19N3O. The molecule has 0 N–H and O–H groups in total. The quantitative estimate of drug-likeness (QED) is 0.268. The molecule has 8 rings (SSSR count). The summed E-state index contributed by atoms with van der Waals surface area (Å²) >= 11 is 0. The summed E-state index contributed by atoms with van der Waals surface area (Å²) in [6, 6.07) is 40.2. The third-order valence-electron chi connectivity index (χ3n) is 6.94. The Kier molecular flexibility index (Phi) is 3.63. The predicted molar refractivity (Wildman–Crippen MR) is 142 cm³/mol. The lowest BCUT2D eigenvalue weighted by molar-refractivity contribution is 0.641. The summed E-state index contributed by atoms with van der Waals surface area (Å²) in [4.78, 5) is 5.07. The lowest BCUT2D eigenvalue weighted by atomic mass is 10.0. The first-order valence-corrected chi connectivity index (χ1v) is 11.7. The molecule has 0 saturated carbocycles. The van der Waals surface area contributed by atoms with Crippen molar-refractivity contribution in [3.8, 4) is 17.1 Å². The molecular weight excluding hydrogens is 430 g/mol. The molecule has 0 radical (unpaired) electrons. The normalized spacial score (nSPS) is 12.0. The van der Waals surface area contributed by atoms with Crippen LogP contribution in [0.1, 0.15) is 0 Å². The van der Waals surface area contributed by atoms with E-state index in [2.05, 4.69) is 106 Å². The first kappa shape index (κ1) is 18.6. The SMILES string of the molecule is c1ccc2cc(-c3nc4oc5ccccc5n4c3-n3c4ccccc4c4ccccc43)ccc2c1. The van der Waals surface area contributed by atoms with Crippen molar-refractivity contribution in [3.63, 3.8) is 0 Å². The van der Waals surface area contributed by atoms with Gasteiger partial charge in [0, 0.05) is 16.3 Å². The molecule has 0 unspecified atom stereocenters. The van der Waals surface area contributed by atoms with Crippen LogP contribution in [0.5, 0.6) is 0 Å². The minimum Gasteiger partial charge on any atom is -0.423 e. The second kappa shape index (κ2) is 6.84. The number of hydrogen-bond acceptors (Lipinski definition) is 2. The average Bonchev–Trinajstić information content (AvgIpc) is 3.56. The van der Waals surface area contributed by atoms with Gasteiger partial charge in [0.25, 0.3) is 0 Å². The fourth-order valence-electron chi connectivity index (χ4n) is 5.39. The molecule has 164 valence electrons. The Hall–Kier alpha value is -4.83. The van der Waals surface area contributed by atoms with E-state index in [0.717, 1.165) is 39.2 Å². The van der Waals surface area contributed by atoms with Gasteiger partial charge in [0.05, 0.1) is 16.6 Å². The van der Waals surface area contributed by atoms with Gasteiger partial charge in [-0.1, -0.05) is 84.9 Å². The maximum atomic E-state index is 6.24. The Labute approximate surface area is 200 Å². The minimum atomic E-state index is 0.589. The van der Waals surface area contributed by atoms with Crippen molar-refractivity contribution in [2.45, 2.75) is 0 Å². The van der Waals surface area contributed by atoms with Crippen LogP contribution < -0.4 is 0 Å². The predicted octanol–water partition coefficient (Wildman–Crippen LogP) is 8.00. The second-order valence-electron chi connectivity index (χ2n) is 8.90. The van der Waals surface area contributed by atoms with Gasteiger partial charge in [-0.2, -0.15) is 4.98 Å². The first-order valence-electron chi connectivity index (χ1n) is 11.7. The van der Waals surface area contributed by atoms with Gasteiger partial charge >= 0.3 is 5.84 Å². The van der Waals surface area contributed by atoms with Gasteiger partial charge in [-0.3, -0.25) is 4.57 Å². The first-order chi connectivity index (χ1) is 17.4. The highest BCUT2D eigenvalue weighted by Crippen LogP contribution is 2.38. The van der Waals surface area contributed by atoms with E-state index in [1.54, 1.807) is 0 Å². The summed E-state index contributed by atoms with van der Waals surface area (Å²) in [5, 5.41) is 4.83. The molecule has 0 atom stereocenters. The maximum absolute atomic E-state index is 6.24. The number of imidazole rings is 1. The highest BCUT2D eigenvalue weighted by Gasteiger charge is 2.24. The number of fused-ring (bicyclic) bond motifs is 7. The van der Waals surface area contributed by atoms with E-state index in [1.807, 2.05) is 18.2 Å². The lowest BCUT2D eigenvalue weighted by Gasteiger charge is -2.11. The molecule has 0 aliphatic heterocycles. The summed E-state index contributed by atoms with van der Waals surface area (Å²) in [6.07, 6.45) is 0. The van der Waals surface area contributed by atoms with Gasteiger partial charge in [0.1, 0.15) is 5.69 Å². The van der Waals surface area contributed by atoms with E-state index in [9.17, 15) is 0 Å². The largest absolute Gasteiger partial charge is 0.423 e. The number of para-hydroxylation sites is 4. The highest BCUT2D eigenvalue weighted by molar-refractivity contribution is 6.09. The van der Waals surface area contributed by atoms with Gasteiger partial charge in [-0.05, 0) is 41.1 Å². The van der Waals surface area contributed by atoms with Crippen LogP contribution in [-0.2, 0) is 0 Å². The molecule has 4 nitrogen and oxygen atoms in total. The van der Waals surface area contributed by atoms with Crippen molar-refractivity contribution >= 4 is 49.5 Å². The van der Waals surface area contributed by atoms with Gasteiger partial charge in [-0.25, -0.2) is 4.40 Å². The van der Waals surface area contributed by atoms with Gasteiger partial charge in [-0.15, -0.1) is 0 Å². The van der Waals surface area contributed by atoms with E-state index in [0.29, 0.717) is 5.84 Å². The molecule has 0 saturated heterocycles. The van der Waals surface area contributed by atoms with Crippen molar-refractivity contribution in [2.24, 2.45) is 0 Å². The smallest absolute Gasteiger partial charge is 0.309 e. The summed E-state index contributed by atoms with van der Waals surface area (Å²) in [6.45, 7) is 0. The van der Waals surface area contributed by atoms with E-state index in [1.165, 1.54) is 21.5 Å². The van der Waals surface area contributed by atoms with Crippen molar-refractivity contribution in [1.29, 1.82) is 0 Å². The van der Waals surface area contributed by atoms with Crippen molar-refractivity contribution in [3.05, 3.63) is 115 Å². The molecule has 35 heavy (non-hydrogen) atoms. The van der Waals surface area contributed by atoms with Crippen molar-refractivity contribution < 1.29 is 4.42 Å². The Balaban J connectivity index is 1.58. The van der Waals surface area contributed by atoms with Crippen LogP contribution in [0.15, 0.2) is 120 Å². The van der Waals surface area contributed by atoms with E-state index < -0.39 is 0 Å². The van der Waals surface area contributed by atoms with Crippen LogP contribution in [0, 0.1) is 0 Å². The molecule has 0 bridgehead atoms. The van der Waals surface area contributed by atoms with Gasteiger partial charge in [0.2, 0.25) is 0 Å². The number of nitrogens with zero attached hydrogens (tertiary/aromatic N) is 3. The number of benzene rings is 5. The molecule has 0 fully saturated rings. The number of hydrogen-bond donors (Lipinski definition) is 0. The van der Waals surface area contributed by atoms with Crippen molar-refractivity contribution in [1.82, 2.24) is 14.0 Å². The molecule has 4 heteroatoms. The van der Waals surface area contributed by atoms with Crippen LogP contribution in [0.3, 0.4) is 0 Å². The third kappa shape index (κ3) is 2.53. The Morgan fingerprint density at radius 3 is 1.97 bits per heavy atom. The zero-order chi connectivity index (χ0) is 22.9. The fraction of sp³-hybridized carbons (Fsp3) is 0. The molecule has 0 amide bonds. The van der Waals surface area contributed by atoms with E-state index in [4.69, 9.17) is 9.40 Å². The van der Waals surface area contributed by atoms with Crippen LogP contribution >= 0.6 is 0 Å². The highest BCUT2D eigenvalue weighted by atomic mass is 16.4. The average molecular weight is 450 g/mol. The number of rotatable bonds is 2. The molecule has 8 aromatic rings. The van der Waals surface area contributed by atoms with E-state index in [-0.39, 0.29) is 0 Å². The fourth-order valence-corrected chi connectivity index (χ4v) is 5.39.